The lowest BCUT2D eigenvalue weighted by Crippen LogP contribution is -2.34. The van der Waals surface area contributed by atoms with Gasteiger partial charge in [-0.3, -0.25) is 4.98 Å². The molecule has 0 atom stereocenters. The van der Waals surface area contributed by atoms with E-state index in [1.807, 2.05) is 55.5 Å². The van der Waals surface area contributed by atoms with Crippen molar-refractivity contribution in [2.24, 2.45) is 0 Å². The smallest absolute Gasteiger partial charge is 0.316 e. The predicted molar refractivity (Wildman–Crippen MR) is 130 cm³/mol. The molecular weight excluding hydrogens is 420 g/mol. The molecular formula is C26H25ClN4O. The van der Waals surface area contributed by atoms with Crippen molar-refractivity contribution in [3.63, 3.8) is 0 Å². The van der Waals surface area contributed by atoms with Crippen molar-refractivity contribution >= 4 is 34.2 Å². The van der Waals surface area contributed by atoms with Gasteiger partial charge >= 0.3 is 6.03 Å². The molecule has 2 aromatic carbocycles. The molecule has 6 heteroatoms. The van der Waals surface area contributed by atoms with Crippen molar-refractivity contribution in [3.8, 4) is 0 Å². The SMILES string of the molecule is Cc1cc2cc(CN(Cc3cccnc3)C(=O)Nc3ccccc3C)c(Cl)nc2cc1C. The van der Waals surface area contributed by atoms with Crippen molar-refractivity contribution in [2.75, 3.05) is 5.32 Å². The van der Waals surface area contributed by atoms with Gasteiger partial charge in [-0.05, 0) is 73.4 Å². The van der Waals surface area contributed by atoms with E-state index in [1.54, 1.807) is 17.3 Å². The van der Waals surface area contributed by atoms with Crippen LogP contribution in [-0.4, -0.2) is 20.9 Å². The number of carbonyl (C=O) groups excluding carboxylic acids is 1. The lowest BCUT2D eigenvalue weighted by Gasteiger charge is -2.24. The van der Waals surface area contributed by atoms with Crippen molar-refractivity contribution in [2.45, 2.75) is 33.9 Å². The van der Waals surface area contributed by atoms with E-state index in [1.165, 1.54) is 11.1 Å². The number of anilines is 1. The van der Waals surface area contributed by atoms with Crippen LogP contribution in [0.15, 0.2) is 67.0 Å². The van der Waals surface area contributed by atoms with Crippen molar-refractivity contribution < 1.29 is 4.79 Å². The second-order valence-corrected chi connectivity index (χ2v) is 8.39. The van der Waals surface area contributed by atoms with Gasteiger partial charge in [-0.15, -0.1) is 0 Å². The summed E-state index contributed by atoms with van der Waals surface area (Å²) in [5, 5.41) is 4.44. The molecule has 0 aliphatic rings. The quantitative estimate of drug-likeness (QED) is 0.360. The van der Waals surface area contributed by atoms with E-state index in [9.17, 15) is 4.79 Å². The molecule has 0 unspecified atom stereocenters. The molecule has 0 aliphatic heterocycles. The number of pyridine rings is 2. The number of nitrogens with zero attached hydrogens (tertiary/aromatic N) is 3. The number of para-hydroxylation sites is 1. The molecule has 2 amide bonds. The van der Waals surface area contributed by atoms with Crippen LogP contribution in [0.2, 0.25) is 5.15 Å². The van der Waals surface area contributed by atoms with Crippen molar-refractivity contribution in [1.82, 2.24) is 14.9 Å². The van der Waals surface area contributed by atoms with Crippen LogP contribution in [0.3, 0.4) is 0 Å². The molecule has 0 fully saturated rings. The number of rotatable bonds is 5. The van der Waals surface area contributed by atoms with Gasteiger partial charge in [0.05, 0.1) is 12.1 Å². The molecule has 0 radical (unpaired) electrons. The minimum atomic E-state index is -0.209. The number of benzene rings is 2. The Bertz CT molecular complexity index is 1270. The van der Waals surface area contributed by atoms with Crippen LogP contribution < -0.4 is 5.32 Å². The molecule has 0 aliphatic carbocycles. The fraction of sp³-hybridized carbons (Fsp3) is 0.192. The lowest BCUT2D eigenvalue weighted by atomic mass is 10.0. The summed E-state index contributed by atoms with van der Waals surface area (Å²) < 4.78 is 0. The van der Waals surface area contributed by atoms with Crippen molar-refractivity contribution in [3.05, 3.63) is 100.0 Å². The highest BCUT2D eigenvalue weighted by Gasteiger charge is 2.18. The number of hydrogen-bond donors (Lipinski definition) is 1. The third-order valence-electron chi connectivity index (χ3n) is 5.59. The zero-order chi connectivity index (χ0) is 22.7. The van der Waals surface area contributed by atoms with E-state index in [0.717, 1.165) is 33.3 Å². The third-order valence-corrected chi connectivity index (χ3v) is 5.91. The number of halogens is 1. The summed E-state index contributed by atoms with van der Waals surface area (Å²) in [7, 11) is 0. The fourth-order valence-corrected chi connectivity index (χ4v) is 3.80. The van der Waals surface area contributed by atoms with Crippen molar-refractivity contribution in [1.29, 1.82) is 0 Å². The molecule has 4 rings (SSSR count). The van der Waals surface area contributed by atoms with Gasteiger partial charge in [0.2, 0.25) is 0 Å². The highest BCUT2D eigenvalue weighted by molar-refractivity contribution is 6.30. The highest BCUT2D eigenvalue weighted by atomic mass is 35.5. The van der Waals surface area contributed by atoms with Gasteiger partial charge < -0.3 is 10.2 Å². The molecule has 2 heterocycles. The second-order valence-electron chi connectivity index (χ2n) is 8.03. The van der Waals surface area contributed by atoms with Gasteiger partial charge in [0, 0.05) is 35.6 Å². The van der Waals surface area contributed by atoms with Gasteiger partial charge in [0.15, 0.2) is 0 Å². The van der Waals surface area contributed by atoms with E-state index < -0.39 is 0 Å². The van der Waals surface area contributed by atoms with E-state index in [4.69, 9.17) is 11.6 Å². The summed E-state index contributed by atoms with van der Waals surface area (Å²) in [5.41, 5.74) is 6.72. The van der Waals surface area contributed by atoms with Gasteiger partial charge in [-0.2, -0.15) is 0 Å². The Morgan fingerprint density at radius 3 is 2.50 bits per heavy atom. The first-order valence-electron chi connectivity index (χ1n) is 10.5. The molecule has 4 aromatic rings. The predicted octanol–water partition coefficient (Wildman–Crippen LogP) is 6.44. The zero-order valence-electron chi connectivity index (χ0n) is 18.4. The largest absolute Gasteiger partial charge is 0.322 e. The maximum absolute atomic E-state index is 13.3. The van der Waals surface area contributed by atoms with Crippen LogP contribution in [-0.2, 0) is 13.1 Å². The molecule has 5 nitrogen and oxygen atoms in total. The van der Waals surface area contributed by atoms with Crippen LogP contribution in [0.5, 0.6) is 0 Å². The number of aromatic nitrogens is 2. The summed E-state index contributed by atoms with van der Waals surface area (Å²) in [5.74, 6) is 0. The Morgan fingerprint density at radius 2 is 1.75 bits per heavy atom. The van der Waals surface area contributed by atoms with E-state index in [0.29, 0.717) is 18.2 Å². The summed E-state index contributed by atoms with van der Waals surface area (Å²) in [6, 6.07) is 17.5. The normalized spacial score (nSPS) is 10.9. The molecule has 0 spiro atoms. The monoisotopic (exact) mass is 444 g/mol. The van der Waals surface area contributed by atoms with E-state index >= 15 is 0 Å². The molecule has 0 saturated heterocycles. The first-order chi connectivity index (χ1) is 15.4. The minimum absolute atomic E-state index is 0.209. The first-order valence-corrected chi connectivity index (χ1v) is 10.9. The zero-order valence-corrected chi connectivity index (χ0v) is 19.1. The Balaban J connectivity index is 1.66. The van der Waals surface area contributed by atoms with Gasteiger partial charge in [0.1, 0.15) is 5.15 Å². The number of amides is 2. The average molecular weight is 445 g/mol. The van der Waals surface area contributed by atoms with Crippen LogP contribution in [0.4, 0.5) is 10.5 Å². The molecule has 0 bridgehead atoms. The van der Waals surface area contributed by atoms with E-state index in [2.05, 4.69) is 35.2 Å². The number of urea groups is 1. The number of carbonyl (C=O) groups is 1. The number of fused-ring (bicyclic) bond motifs is 1. The third kappa shape index (κ3) is 4.89. The Morgan fingerprint density at radius 1 is 0.969 bits per heavy atom. The van der Waals surface area contributed by atoms with Crippen LogP contribution in [0.1, 0.15) is 27.8 Å². The van der Waals surface area contributed by atoms with Gasteiger partial charge in [-0.25, -0.2) is 9.78 Å². The minimum Gasteiger partial charge on any atom is -0.316 e. The average Bonchev–Trinajstić information content (AvgIpc) is 2.77. The van der Waals surface area contributed by atoms with Gasteiger partial charge in [0.25, 0.3) is 0 Å². The molecule has 0 saturated carbocycles. The van der Waals surface area contributed by atoms with Crippen LogP contribution in [0, 0.1) is 20.8 Å². The maximum atomic E-state index is 13.3. The molecule has 32 heavy (non-hydrogen) atoms. The molecule has 162 valence electrons. The van der Waals surface area contributed by atoms with E-state index in [-0.39, 0.29) is 6.03 Å². The number of aryl methyl sites for hydroxylation is 3. The summed E-state index contributed by atoms with van der Waals surface area (Å²) in [6.45, 7) is 6.82. The fourth-order valence-electron chi connectivity index (χ4n) is 3.60. The lowest BCUT2D eigenvalue weighted by molar-refractivity contribution is 0.206. The number of nitrogens with one attached hydrogen (secondary N) is 1. The standard InChI is InChI=1S/C26H25ClN4O/c1-17-7-4-5-9-23(17)30-26(32)31(15-20-8-6-10-28-14-20)16-22-13-21-11-18(2)19(3)12-24(21)29-25(22)27/h4-14H,15-16H2,1-3H3,(H,30,32). The topological polar surface area (TPSA) is 58.1 Å². The van der Waals surface area contributed by atoms with Crippen LogP contribution >= 0.6 is 11.6 Å². The summed E-state index contributed by atoms with van der Waals surface area (Å²) >= 11 is 6.55. The highest BCUT2D eigenvalue weighted by Crippen LogP contribution is 2.25. The number of hydrogen-bond acceptors (Lipinski definition) is 3. The first kappa shape index (κ1) is 21.8. The second kappa shape index (κ2) is 9.37. The molecule has 1 N–H and O–H groups in total. The Kier molecular flexibility index (Phi) is 6.37. The summed E-state index contributed by atoms with van der Waals surface area (Å²) in [6.07, 6.45) is 3.48. The Labute approximate surface area is 193 Å². The molecule has 2 aromatic heterocycles. The Hall–Kier alpha value is -3.44. The maximum Gasteiger partial charge on any atom is 0.322 e. The van der Waals surface area contributed by atoms with Gasteiger partial charge in [-0.1, -0.05) is 35.9 Å². The van der Waals surface area contributed by atoms with Crippen LogP contribution in [0.25, 0.3) is 10.9 Å². The summed E-state index contributed by atoms with van der Waals surface area (Å²) in [4.78, 5) is 23.8.